The Morgan fingerprint density at radius 1 is 0.575 bits per heavy atom. The van der Waals surface area contributed by atoms with Gasteiger partial charge in [0.15, 0.2) is 0 Å². The Morgan fingerprint density at radius 2 is 0.975 bits per heavy atom. The summed E-state index contributed by atoms with van der Waals surface area (Å²) in [5.74, 6) is 1.79. The van der Waals surface area contributed by atoms with Gasteiger partial charge >= 0.3 is 241 Å². The van der Waals surface area contributed by atoms with Crippen LogP contribution in [-0.4, -0.2) is 19.7 Å². The molecule has 4 aromatic rings. The summed E-state index contributed by atoms with van der Waals surface area (Å²) in [6.45, 7) is 5.19. The van der Waals surface area contributed by atoms with Gasteiger partial charge in [-0.05, 0) is 0 Å². The zero-order chi connectivity index (χ0) is 28.1. The van der Waals surface area contributed by atoms with E-state index in [1.807, 2.05) is 0 Å². The van der Waals surface area contributed by atoms with E-state index < -0.39 is 22.6 Å². The fraction of sp³-hybridized carbons (Fsp3) is 0.222. The summed E-state index contributed by atoms with van der Waals surface area (Å²) >= 11 is -3.71. The van der Waals surface area contributed by atoms with E-state index in [1.54, 1.807) is 14.2 Å². The first-order chi connectivity index (χ1) is 19.3. The van der Waals surface area contributed by atoms with Crippen LogP contribution in [0.25, 0.3) is 34.4 Å². The van der Waals surface area contributed by atoms with Crippen LogP contribution in [0.3, 0.4) is 0 Å². The molecule has 2 aliphatic carbocycles. The van der Waals surface area contributed by atoms with Gasteiger partial charge in [0.1, 0.15) is 0 Å². The monoisotopic (exact) mass is 710 g/mol. The van der Waals surface area contributed by atoms with Crippen LogP contribution in [-0.2, 0) is 17.1 Å². The Kier molecular flexibility index (Phi) is 6.91. The number of hydrogen-bond donors (Lipinski definition) is 0. The van der Waals surface area contributed by atoms with Crippen LogP contribution < -0.4 is 9.47 Å². The average Bonchev–Trinajstić information content (AvgIpc) is 3.63. The number of fused-ring (bicyclic) bond motifs is 2. The van der Waals surface area contributed by atoms with Crippen LogP contribution in [0.5, 0.6) is 11.5 Å². The van der Waals surface area contributed by atoms with Gasteiger partial charge in [-0.25, -0.2) is 0 Å². The van der Waals surface area contributed by atoms with E-state index in [9.17, 15) is 0 Å². The number of benzene rings is 4. The second kappa shape index (κ2) is 10.1. The zero-order valence-corrected chi connectivity index (χ0v) is 29.0. The van der Waals surface area contributed by atoms with Crippen LogP contribution in [0, 0.1) is 0 Å². The second-order valence-corrected chi connectivity index (χ2v) is 61.3. The molecule has 0 fully saturated rings. The molecule has 202 valence electrons. The maximum absolute atomic E-state index is 5.42. The summed E-state index contributed by atoms with van der Waals surface area (Å²) < 4.78 is 17.4. The molecule has 0 N–H and O–H groups in total. The van der Waals surface area contributed by atoms with Crippen LogP contribution in [0.15, 0.2) is 97.1 Å². The van der Waals surface area contributed by atoms with Crippen molar-refractivity contribution in [3.05, 3.63) is 119 Å². The van der Waals surface area contributed by atoms with Crippen LogP contribution in [0.2, 0.25) is 22.5 Å². The Labute approximate surface area is 240 Å². The first-order valence-electron chi connectivity index (χ1n) is 14.2. The molecule has 0 spiro atoms. The molecule has 0 saturated carbocycles. The Bertz CT molecular complexity index is 1610. The van der Waals surface area contributed by atoms with Crippen molar-refractivity contribution in [2.45, 2.75) is 29.8 Å². The molecule has 0 amide bonds. The maximum atomic E-state index is 5.42. The molecule has 2 unspecified atom stereocenters. The van der Waals surface area contributed by atoms with Gasteiger partial charge < -0.3 is 0 Å². The van der Waals surface area contributed by atoms with Gasteiger partial charge in [-0.1, -0.05) is 0 Å². The first-order valence-corrected chi connectivity index (χ1v) is 33.4. The van der Waals surface area contributed by atoms with Crippen molar-refractivity contribution in [2.24, 2.45) is 0 Å². The number of methoxy groups -OCH3 is 2. The van der Waals surface area contributed by atoms with Crippen molar-refractivity contribution in [3.63, 3.8) is 0 Å². The summed E-state index contributed by atoms with van der Waals surface area (Å²) in [4.78, 5) is 0. The van der Waals surface area contributed by atoms with Crippen molar-refractivity contribution in [1.82, 2.24) is 0 Å². The predicted octanol–water partition coefficient (Wildman–Crippen LogP) is 9.91. The minimum atomic E-state index is -3.71. The summed E-state index contributed by atoms with van der Waals surface area (Å²) in [6, 6.07) is 30.9. The minimum absolute atomic E-state index is 0.527. The molecule has 2 atom stereocenters. The van der Waals surface area contributed by atoms with E-state index in [0.29, 0.717) is 7.35 Å². The van der Waals surface area contributed by atoms with Gasteiger partial charge in [-0.3, -0.25) is 0 Å². The van der Waals surface area contributed by atoms with Crippen molar-refractivity contribution >= 4 is 17.6 Å². The summed E-state index contributed by atoms with van der Waals surface area (Å²) in [7, 11) is 3.45. The van der Waals surface area contributed by atoms with Crippen molar-refractivity contribution < 1.29 is 26.6 Å². The quantitative estimate of drug-likeness (QED) is 0.186. The molecule has 0 aromatic heterocycles. The topological polar surface area (TPSA) is 18.5 Å². The number of ether oxygens (including phenoxy) is 2. The Balaban J connectivity index is 1.46. The molecule has 2 aliphatic rings. The van der Waals surface area contributed by atoms with Gasteiger partial charge in [-0.2, -0.15) is 0 Å². The van der Waals surface area contributed by atoms with Gasteiger partial charge in [0.2, 0.25) is 0 Å². The molecule has 40 heavy (non-hydrogen) atoms. The summed E-state index contributed by atoms with van der Waals surface area (Å²) in [6.07, 6.45) is 10.0. The Hall–Kier alpha value is -2.95. The van der Waals surface area contributed by atoms with Crippen LogP contribution in [0.4, 0.5) is 0 Å². The molecule has 0 heterocycles. The number of allylic oxidation sites excluding steroid dienone is 2. The van der Waals surface area contributed by atoms with Crippen molar-refractivity contribution in [1.29, 1.82) is 0 Å². The Morgan fingerprint density at radius 3 is 1.32 bits per heavy atom. The molecule has 0 radical (unpaired) electrons. The molecular formula is C36H38HfO2Si. The summed E-state index contributed by atoms with van der Waals surface area (Å²) in [5.41, 5.74) is 10.4. The first kappa shape index (κ1) is 27.2. The van der Waals surface area contributed by atoms with E-state index >= 15 is 0 Å². The third kappa shape index (κ3) is 4.14. The van der Waals surface area contributed by atoms with Crippen molar-refractivity contribution in [3.8, 4) is 33.8 Å². The van der Waals surface area contributed by atoms with Gasteiger partial charge in [0, 0.05) is 0 Å². The van der Waals surface area contributed by atoms with Crippen molar-refractivity contribution in [2.75, 3.05) is 14.2 Å². The van der Waals surface area contributed by atoms with E-state index in [4.69, 9.17) is 9.47 Å². The average molecular weight is 709 g/mol. The van der Waals surface area contributed by atoms with Gasteiger partial charge in [0.05, 0.1) is 0 Å². The third-order valence-electron chi connectivity index (χ3n) is 10.2. The van der Waals surface area contributed by atoms with E-state index in [0.717, 1.165) is 11.5 Å². The molecule has 6 rings (SSSR count). The van der Waals surface area contributed by atoms with Crippen LogP contribution >= 0.6 is 0 Å². The van der Waals surface area contributed by atoms with Gasteiger partial charge in [0.25, 0.3) is 0 Å². The second-order valence-electron chi connectivity index (χ2n) is 12.4. The summed E-state index contributed by atoms with van der Waals surface area (Å²) in [5, 5.41) is 0. The molecule has 0 bridgehead atoms. The molecule has 4 heteroatoms. The fourth-order valence-electron chi connectivity index (χ4n) is 7.08. The standard InChI is InChI=1S/2C16H13O.C2H6Si.2CH3.Hf/c2*1-17-14-10-8-13(9-11-14)16-7-3-5-12-4-2-6-15(12)16;1-3-2;;;/h2*2-11H,1H3;1-2H3;2*1H3;. The third-order valence-corrected chi connectivity index (χ3v) is 69.8. The molecule has 0 aliphatic heterocycles. The number of rotatable bonds is 6. The number of hydrogen-bond acceptors (Lipinski definition) is 2. The van der Waals surface area contributed by atoms with Crippen LogP contribution in [0.1, 0.15) is 29.6 Å². The van der Waals surface area contributed by atoms with Gasteiger partial charge in [-0.15, -0.1) is 0 Å². The predicted molar refractivity (Wildman–Crippen MR) is 170 cm³/mol. The fourth-order valence-corrected chi connectivity index (χ4v) is 40.9. The normalized spacial score (nSPS) is 17.5. The zero-order valence-electron chi connectivity index (χ0n) is 24.4. The molecule has 2 nitrogen and oxygen atoms in total. The molecule has 4 aromatic carbocycles. The van der Waals surface area contributed by atoms with E-state index in [2.05, 4.69) is 132 Å². The molecular weight excluding hydrogens is 671 g/mol. The van der Waals surface area contributed by atoms with E-state index in [1.165, 1.54) is 44.5 Å². The molecule has 0 saturated heterocycles. The van der Waals surface area contributed by atoms with E-state index in [-0.39, 0.29) is 0 Å². The SMILES string of the molecule is COc1ccc(-c2cccc3c2C=C[CH]3[Hf]([CH3])([CH3])([CH]2C=Cc3c(-c4ccc(OC)cc4)cccc32)=[Si](C)C)cc1.